The van der Waals surface area contributed by atoms with Crippen LogP contribution in [-0.2, 0) is 4.74 Å². The monoisotopic (exact) mass is 299 g/mol. The molecular formula is C14H22ClN3O2. The second-order valence-electron chi connectivity index (χ2n) is 4.30. The Labute approximate surface area is 125 Å². The van der Waals surface area contributed by atoms with Crippen LogP contribution in [0.5, 0.6) is 0 Å². The highest BCUT2D eigenvalue weighted by Crippen LogP contribution is 2.14. The van der Waals surface area contributed by atoms with E-state index in [0.29, 0.717) is 36.3 Å². The molecule has 1 heterocycles. The smallest absolute Gasteiger partial charge is 0.251 e. The zero-order chi connectivity index (χ0) is 14.8. The summed E-state index contributed by atoms with van der Waals surface area (Å²) in [5.74, 6) is 0.476. The fourth-order valence-electron chi connectivity index (χ4n) is 1.59. The van der Waals surface area contributed by atoms with Crippen LogP contribution < -0.4 is 10.6 Å². The Balaban J connectivity index is 2.51. The number of pyridine rings is 1. The van der Waals surface area contributed by atoms with Crippen LogP contribution in [0.3, 0.4) is 0 Å². The van der Waals surface area contributed by atoms with E-state index < -0.39 is 0 Å². The zero-order valence-electron chi connectivity index (χ0n) is 12.0. The molecule has 0 spiro atoms. The van der Waals surface area contributed by atoms with Crippen molar-refractivity contribution in [2.75, 3.05) is 31.6 Å². The number of nitrogens with zero attached hydrogens (tertiary/aromatic N) is 1. The molecule has 0 saturated heterocycles. The Morgan fingerprint density at radius 2 is 2.15 bits per heavy atom. The van der Waals surface area contributed by atoms with Crippen LogP contribution in [0, 0.1) is 0 Å². The van der Waals surface area contributed by atoms with Gasteiger partial charge in [-0.25, -0.2) is 4.98 Å². The summed E-state index contributed by atoms with van der Waals surface area (Å²) in [6.45, 7) is 6.72. The summed E-state index contributed by atoms with van der Waals surface area (Å²) >= 11 is 5.92. The van der Waals surface area contributed by atoms with Gasteiger partial charge in [-0.15, -0.1) is 0 Å². The lowest BCUT2D eigenvalue weighted by atomic mass is 10.2. The number of nitrogens with one attached hydrogen (secondary N) is 2. The molecule has 0 bridgehead atoms. The molecule has 1 rings (SSSR count). The van der Waals surface area contributed by atoms with Crippen molar-refractivity contribution in [3.8, 4) is 0 Å². The number of hydrogen-bond donors (Lipinski definition) is 2. The number of hydrogen-bond acceptors (Lipinski definition) is 4. The minimum absolute atomic E-state index is 0.148. The maximum atomic E-state index is 12.0. The van der Waals surface area contributed by atoms with Crippen LogP contribution >= 0.6 is 11.6 Å². The van der Waals surface area contributed by atoms with E-state index in [1.54, 1.807) is 12.1 Å². The minimum atomic E-state index is -0.148. The third-order valence-corrected chi connectivity index (χ3v) is 2.76. The molecule has 0 atom stereocenters. The number of carbonyl (C=O) groups excluding carboxylic acids is 1. The molecule has 20 heavy (non-hydrogen) atoms. The molecule has 0 fully saturated rings. The summed E-state index contributed by atoms with van der Waals surface area (Å²) in [5, 5.41) is 6.26. The lowest BCUT2D eigenvalue weighted by molar-refractivity contribution is 0.0944. The number of ether oxygens (including phenoxy) is 1. The van der Waals surface area contributed by atoms with Gasteiger partial charge in [0.25, 0.3) is 5.91 Å². The van der Waals surface area contributed by atoms with Crippen LogP contribution in [0.2, 0.25) is 5.15 Å². The largest absolute Gasteiger partial charge is 0.382 e. The molecule has 0 aliphatic carbocycles. The van der Waals surface area contributed by atoms with E-state index in [2.05, 4.69) is 22.5 Å². The minimum Gasteiger partial charge on any atom is -0.382 e. The molecule has 6 heteroatoms. The maximum Gasteiger partial charge on any atom is 0.251 e. The van der Waals surface area contributed by atoms with Gasteiger partial charge < -0.3 is 15.4 Å². The SMILES string of the molecule is CCCNc1cc(C(=O)NCCCOCC)cc(Cl)n1. The molecule has 0 aliphatic rings. The number of aromatic nitrogens is 1. The predicted octanol–water partition coefficient (Wildman–Crippen LogP) is 2.71. The molecule has 1 aromatic rings. The van der Waals surface area contributed by atoms with Gasteiger partial charge in [-0.3, -0.25) is 4.79 Å². The number of anilines is 1. The van der Waals surface area contributed by atoms with E-state index >= 15 is 0 Å². The normalized spacial score (nSPS) is 10.3. The number of amides is 1. The first-order valence-electron chi connectivity index (χ1n) is 6.94. The lowest BCUT2D eigenvalue weighted by Crippen LogP contribution is -2.25. The van der Waals surface area contributed by atoms with Crippen molar-refractivity contribution < 1.29 is 9.53 Å². The second kappa shape index (κ2) is 9.55. The predicted molar refractivity (Wildman–Crippen MR) is 81.5 cm³/mol. The Kier molecular flexibility index (Phi) is 7.99. The summed E-state index contributed by atoms with van der Waals surface area (Å²) < 4.78 is 5.21. The molecule has 5 nitrogen and oxygen atoms in total. The first-order chi connectivity index (χ1) is 9.67. The summed E-state index contributed by atoms with van der Waals surface area (Å²) in [5.41, 5.74) is 0.514. The van der Waals surface area contributed by atoms with Gasteiger partial charge in [-0.2, -0.15) is 0 Å². The number of halogens is 1. The van der Waals surface area contributed by atoms with E-state index in [0.717, 1.165) is 19.4 Å². The van der Waals surface area contributed by atoms with Crippen LogP contribution in [-0.4, -0.2) is 37.2 Å². The third kappa shape index (κ3) is 6.21. The van der Waals surface area contributed by atoms with Crippen LogP contribution in [0.25, 0.3) is 0 Å². The molecule has 0 saturated carbocycles. The van der Waals surface area contributed by atoms with Crippen molar-refractivity contribution >= 4 is 23.3 Å². The molecule has 0 aromatic carbocycles. The van der Waals surface area contributed by atoms with Crippen LogP contribution in [0.1, 0.15) is 37.0 Å². The highest BCUT2D eigenvalue weighted by Gasteiger charge is 2.08. The Bertz CT molecular complexity index is 427. The fraction of sp³-hybridized carbons (Fsp3) is 0.571. The standard InChI is InChI=1S/C14H22ClN3O2/c1-3-6-16-13-10-11(9-12(15)18-13)14(19)17-7-5-8-20-4-2/h9-10H,3-8H2,1-2H3,(H,16,18)(H,17,19). The average molecular weight is 300 g/mol. The molecule has 0 aliphatic heterocycles. The Hall–Kier alpha value is -1.33. The van der Waals surface area contributed by atoms with Gasteiger partial charge in [0.1, 0.15) is 11.0 Å². The van der Waals surface area contributed by atoms with Crippen LogP contribution in [0.15, 0.2) is 12.1 Å². The van der Waals surface area contributed by atoms with Gasteiger partial charge in [0.15, 0.2) is 0 Å². The maximum absolute atomic E-state index is 12.0. The summed E-state index contributed by atoms with van der Waals surface area (Å²) in [4.78, 5) is 16.1. The van der Waals surface area contributed by atoms with Gasteiger partial charge in [0.2, 0.25) is 0 Å². The molecule has 2 N–H and O–H groups in total. The van der Waals surface area contributed by atoms with E-state index in [4.69, 9.17) is 16.3 Å². The Morgan fingerprint density at radius 3 is 2.85 bits per heavy atom. The third-order valence-electron chi connectivity index (χ3n) is 2.57. The van der Waals surface area contributed by atoms with Crippen molar-refractivity contribution in [2.45, 2.75) is 26.7 Å². The van der Waals surface area contributed by atoms with Gasteiger partial charge in [0.05, 0.1) is 0 Å². The van der Waals surface area contributed by atoms with Crippen molar-refractivity contribution in [2.24, 2.45) is 0 Å². The van der Waals surface area contributed by atoms with E-state index in [1.807, 2.05) is 6.92 Å². The van der Waals surface area contributed by atoms with Gasteiger partial charge >= 0.3 is 0 Å². The summed E-state index contributed by atoms with van der Waals surface area (Å²) in [6, 6.07) is 3.27. The highest BCUT2D eigenvalue weighted by molar-refractivity contribution is 6.29. The zero-order valence-corrected chi connectivity index (χ0v) is 12.8. The van der Waals surface area contributed by atoms with E-state index in [1.165, 1.54) is 0 Å². The highest BCUT2D eigenvalue weighted by atomic mass is 35.5. The van der Waals surface area contributed by atoms with Crippen molar-refractivity contribution in [3.63, 3.8) is 0 Å². The molecule has 0 unspecified atom stereocenters. The first kappa shape index (κ1) is 16.7. The van der Waals surface area contributed by atoms with E-state index in [9.17, 15) is 4.79 Å². The average Bonchev–Trinajstić information content (AvgIpc) is 2.44. The Morgan fingerprint density at radius 1 is 1.35 bits per heavy atom. The first-order valence-corrected chi connectivity index (χ1v) is 7.32. The topological polar surface area (TPSA) is 63.2 Å². The van der Waals surface area contributed by atoms with Gasteiger partial charge in [-0.1, -0.05) is 18.5 Å². The van der Waals surface area contributed by atoms with Crippen molar-refractivity contribution in [1.29, 1.82) is 0 Å². The van der Waals surface area contributed by atoms with Gasteiger partial charge in [0, 0.05) is 31.9 Å². The van der Waals surface area contributed by atoms with Crippen LogP contribution in [0.4, 0.5) is 5.82 Å². The molecule has 1 amide bonds. The van der Waals surface area contributed by atoms with Gasteiger partial charge in [-0.05, 0) is 31.9 Å². The quantitative estimate of drug-likeness (QED) is 0.543. The molecule has 0 radical (unpaired) electrons. The summed E-state index contributed by atoms with van der Waals surface area (Å²) in [6.07, 6.45) is 1.77. The molecule has 112 valence electrons. The lowest BCUT2D eigenvalue weighted by Gasteiger charge is -2.08. The number of carbonyl (C=O) groups is 1. The van der Waals surface area contributed by atoms with E-state index in [-0.39, 0.29) is 5.91 Å². The second-order valence-corrected chi connectivity index (χ2v) is 4.68. The van der Waals surface area contributed by atoms with Crippen molar-refractivity contribution in [3.05, 3.63) is 22.8 Å². The fourth-order valence-corrected chi connectivity index (χ4v) is 1.80. The summed E-state index contributed by atoms with van der Waals surface area (Å²) in [7, 11) is 0. The molecular weight excluding hydrogens is 278 g/mol. The number of rotatable bonds is 9. The molecule has 1 aromatic heterocycles. The van der Waals surface area contributed by atoms with Crippen molar-refractivity contribution in [1.82, 2.24) is 10.3 Å².